The molecule has 0 saturated carbocycles. The lowest BCUT2D eigenvalue weighted by atomic mass is 10.0. The molecule has 0 amide bonds. The lowest BCUT2D eigenvalue weighted by Gasteiger charge is -2.18. The van der Waals surface area contributed by atoms with Crippen molar-refractivity contribution >= 4 is 10.0 Å². The molecule has 0 aromatic heterocycles. The summed E-state index contributed by atoms with van der Waals surface area (Å²) in [6, 6.07) is 3.33. The summed E-state index contributed by atoms with van der Waals surface area (Å²) in [5.74, 6) is -0.529. The van der Waals surface area contributed by atoms with Gasteiger partial charge in [-0.25, -0.2) is 17.5 Å². The third kappa shape index (κ3) is 3.79. The first-order valence-corrected chi connectivity index (χ1v) is 8.46. The van der Waals surface area contributed by atoms with Gasteiger partial charge in [0.25, 0.3) is 0 Å². The molecule has 1 aliphatic heterocycles. The highest BCUT2D eigenvalue weighted by atomic mass is 32.2. The average molecular weight is 317 g/mol. The number of aliphatic hydroxyl groups is 1. The van der Waals surface area contributed by atoms with Crippen molar-refractivity contribution in [3.63, 3.8) is 0 Å². The molecule has 0 spiro atoms. The zero-order chi connectivity index (χ0) is 15.5. The highest BCUT2D eigenvalue weighted by molar-refractivity contribution is 7.89. The van der Waals surface area contributed by atoms with E-state index in [1.807, 2.05) is 6.92 Å². The Labute approximate surface area is 124 Å². The second kappa shape index (κ2) is 6.83. The molecule has 1 aromatic carbocycles. The molecule has 1 aliphatic rings. The van der Waals surface area contributed by atoms with Crippen LogP contribution in [0.3, 0.4) is 0 Å². The largest absolute Gasteiger partial charge is 0.392 e. The van der Waals surface area contributed by atoms with Crippen LogP contribution in [-0.4, -0.2) is 32.8 Å². The van der Waals surface area contributed by atoms with E-state index >= 15 is 0 Å². The molecule has 1 fully saturated rings. The van der Waals surface area contributed by atoms with Gasteiger partial charge in [0, 0.05) is 19.1 Å². The first kappa shape index (κ1) is 16.4. The van der Waals surface area contributed by atoms with Gasteiger partial charge in [0.05, 0.1) is 17.6 Å². The molecule has 118 valence electrons. The SMILES string of the molecule is CCC1OCCC1CNS(=O)(=O)c1cc(F)ccc1CO. The van der Waals surface area contributed by atoms with Crippen molar-refractivity contribution < 1.29 is 22.7 Å². The summed E-state index contributed by atoms with van der Waals surface area (Å²) < 4.78 is 45.9. The van der Waals surface area contributed by atoms with Gasteiger partial charge < -0.3 is 9.84 Å². The minimum absolute atomic E-state index is 0.0533. The van der Waals surface area contributed by atoms with Crippen molar-refractivity contribution in [2.75, 3.05) is 13.2 Å². The number of halogens is 1. The van der Waals surface area contributed by atoms with Gasteiger partial charge in [-0.15, -0.1) is 0 Å². The van der Waals surface area contributed by atoms with Crippen LogP contribution in [0.25, 0.3) is 0 Å². The monoisotopic (exact) mass is 317 g/mol. The molecular weight excluding hydrogens is 297 g/mol. The third-order valence-electron chi connectivity index (χ3n) is 3.77. The van der Waals surface area contributed by atoms with Gasteiger partial charge in [-0.3, -0.25) is 0 Å². The number of ether oxygens (including phenoxy) is 1. The summed E-state index contributed by atoms with van der Waals surface area (Å²) in [6.45, 7) is 2.42. The predicted octanol–water partition coefficient (Wildman–Crippen LogP) is 1.41. The molecular formula is C14H20FNO4S. The van der Waals surface area contributed by atoms with Gasteiger partial charge in [0.2, 0.25) is 10.0 Å². The summed E-state index contributed by atoms with van der Waals surface area (Å²) in [6.07, 6.45) is 1.68. The van der Waals surface area contributed by atoms with Crippen LogP contribution in [0.15, 0.2) is 23.1 Å². The Morgan fingerprint density at radius 2 is 2.24 bits per heavy atom. The van der Waals surface area contributed by atoms with E-state index in [9.17, 15) is 17.9 Å². The standard InChI is InChI=1S/C14H20FNO4S/c1-2-13-10(5-6-20-13)8-16-21(18,19)14-7-12(15)4-3-11(14)9-17/h3-4,7,10,13,16-17H,2,5-6,8-9H2,1H3. The Morgan fingerprint density at radius 1 is 1.48 bits per heavy atom. The van der Waals surface area contributed by atoms with Crippen molar-refractivity contribution in [2.45, 2.75) is 37.4 Å². The number of hydrogen-bond donors (Lipinski definition) is 2. The number of nitrogens with one attached hydrogen (secondary N) is 1. The number of sulfonamides is 1. The highest BCUT2D eigenvalue weighted by Crippen LogP contribution is 2.24. The van der Waals surface area contributed by atoms with Crippen LogP contribution in [-0.2, 0) is 21.4 Å². The summed E-state index contributed by atoms with van der Waals surface area (Å²) in [5.41, 5.74) is 0.179. The van der Waals surface area contributed by atoms with E-state index in [1.165, 1.54) is 6.07 Å². The maximum Gasteiger partial charge on any atom is 0.241 e. The van der Waals surface area contributed by atoms with Gasteiger partial charge in [-0.1, -0.05) is 13.0 Å². The first-order valence-electron chi connectivity index (χ1n) is 6.98. The topological polar surface area (TPSA) is 75.6 Å². The molecule has 1 aromatic rings. The number of hydrogen-bond acceptors (Lipinski definition) is 4. The minimum Gasteiger partial charge on any atom is -0.392 e. The van der Waals surface area contributed by atoms with Gasteiger partial charge in [-0.05, 0) is 30.5 Å². The van der Waals surface area contributed by atoms with Crippen LogP contribution in [0.4, 0.5) is 4.39 Å². The molecule has 2 unspecified atom stereocenters. The van der Waals surface area contributed by atoms with E-state index in [4.69, 9.17) is 4.74 Å². The molecule has 0 radical (unpaired) electrons. The van der Waals surface area contributed by atoms with E-state index in [-0.39, 0.29) is 29.0 Å². The minimum atomic E-state index is -3.85. The van der Waals surface area contributed by atoms with E-state index in [0.717, 1.165) is 25.0 Å². The summed E-state index contributed by atoms with van der Waals surface area (Å²) in [4.78, 5) is -0.211. The van der Waals surface area contributed by atoms with Crippen LogP contribution in [0.1, 0.15) is 25.3 Å². The van der Waals surface area contributed by atoms with Crippen LogP contribution in [0, 0.1) is 11.7 Å². The molecule has 21 heavy (non-hydrogen) atoms. The van der Waals surface area contributed by atoms with Crippen LogP contribution < -0.4 is 4.72 Å². The van der Waals surface area contributed by atoms with E-state index in [0.29, 0.717) is 6.61 Å². The average Bonchev–Trinajstić information content (AvgIpc) is 2.92. The molecule has 2 atom stereocenters. The van der Waals surface area contributed by atoms with Crippen LogP contribution >= 0.6 is 0 Å². The normalized spacial score (nSPS) is 22.6. The van der Waals surface area contributed by atoms with E-state index in [2.05, 4.69) is 4.72 Å². The fourth-order valence-electron chi connectivity index (χ4n) is 2.58. The summed E-state index contributed by atoms with van der Waals surface area (Å²) >= 11 is 0. The van der Waals surface area contributed by atoms with Crippen LogP contribution in [0.5, 0.6) is 0 Å². The number of aliphatic hydroxyl groups excluding tert-OH is 1. The van der Waals surface area contributed by atoms with Crippen LogP contribution in [0.2, 0.25) is 0 Å². The molecule has 0 aliphatic carbocycles. The Hall–Kier alpha value is -1.02. The fourth-order valence-corrected chi connectivity index (χ4v) is 3.92. The summed E-state index contributed by atoms with van der Waals surface area (Å²) in [7, 11) is -3.85. The lowest BCUT2D eigenvalue weighted by molar-refractivity contribution is 0.0884. The van der Waals surface area contributed by atoms with E-state index in [1.54, 1.807) is 0 Å². The highest BCUT2D eigenvalue weighted by Gasteiger charge is 2.28. The number of rotatable bonds is 6. The molecule has 1 heterocycles. The number of benzene rings is 1. The van der Waals surface area contributed by atoms with E-state index < -0.39 is 22.4 Å². The van der Waals surface area contributed by atoms with Gasteiger partial charge >= 0.3 is 0 Å². The molecule has 7 heteroatoms. The quantitative estimate of drug-likeness (QED) is 0.832. The second-order valence-corrected chi connectivity index (χ2v) is 6.86. The fraction of sp³-hybridized carbons (Fsp3) is 0.571. The molecule has 2 N–H and O–H groups in total. The predicted molar refractivity (Wildman–Crippen MR) is 75.6 cm³/mol. The van der Waals surface area contributed by atoms with Gasteiger partial charge in [0.1, 0.15) is 5.82 Å². The first-order chi connectivity index (χ1) is 9.97. The van der Waals surface area contributed by atoms with Gasteiger partial charge in [-0.2, -0.15) is 0 Å². The lowest BCUT2D eigenvalue weighted by Crippen LogP contribution is -2.33. The van der Waals surface area contributed by atoms with Crippen molar-refractivity contribution in [3.05, 3.63) is 29.6 Å². The maximum atomic E-state index is 13.3. The zero-order valence-corrected chi connectivity index (χ0v) is 12.7. The Balaban J connectivity index is 2.13. The second-order valence-electron chi connectivity index (χ2n) is 5.13. The van der Waals surface area contributed by atoms with Crippen molar-refractivity contribution in [1.82, 2.24) is 4.72 Å². The smallest absolute Gasteiger partial charge is 0.241 e. The maximum absolute atomic E-state index is 13.3. The molecule has 1 saturated heterocycles. The third-order valence-corrected chi connectivity index (χ3v) is 5.28. The molecule has 2 rings (SSSR count). The zero-order valence-electron chi connectivity index (χ0n) is 11.9. The van der Waals surface area contributed by atoms with Crippen molar-refractivity contribution in [3.8, 4) is 0 Å². The van der Waals surface area contributed by atoms with Crippen molar-refractivity contribution in [1.29, 1.82) is 0 Å². The summed E-state index contributed by atoms with van der Waals surface area (Å²) in [5, 5.41) is 9.20. The van der Waals surface area contributed by atoms with Crippen molar-refractivity contribution in [2.24, 2.45) is 5.92 Å². The Kier molecular flexibility index (Phi) is 5.32. The van der Waals surface area contributed by atoms with Gasteiger partial charge in [0.15, 0.2) is 0 Å². The molecule has 0 bridgehead atoms. The Bertz CT molecular complexity index is 591. The molecule has 5 nitrogen and oxygen atoms in total. The Morgan fingerprint density at radius 3 is 2.90 bits per heavy atom.